The highest BCUT2D eigenvalue weighted by molar-refractivity contribution is 6.32. The molecule has 1 heterocycles. The van der Waals surface area contributed by atoms with E-state index in [1.807, 2.05) is 31.2 Å². The first-order valence-corrected chi connectivity index (χ1v) is 5.63. The minimum absolute atomic E-state index is 0.105. The fourth-order valence-corrected chi connectivity index (χ4v) is 1.71. The molecule has 6 heteroatoms. The molecule has 0 saturated carbocycles. The number of hydrogen-bond donors (Lipinski definition) is 2. The Bertz CT molecular complexity index is 644. The van der Waals surface area contributed by atoms with Gasteiger partial charge in [0.1, 0.15) is 5.15 Å². The average molecular weight is 262 g/mol. The molecule has 0 atom stereocenters. The number of fused-ring (bicyclic) bond motifs is 1. The summed E-state index contributed by atoms with van der Waals surface area (Å²) in [5.74, 6) is -0.105. The summed E-state index contributed by atoms with van der Waals surface area (Å²) >= 11 is 6.06. The number of benzene rings is 1. The number of aromatic nitrogens is 1. The van der Waals surface area contributed by atoms with Gasteiger partial charge in [-0.1, -0.05) is 23.7 Å². The van der Waals surface area contributed by atoms with Crippen molar-refractivity contribution in [3.63, 3.8) is 0 Å². The lowest BCUT2D eigenvalue weighted by atomic mass is 10.1. The predicted octanol–water partition coefficient (Wildman–Crippen LogP) is 1.80. The van der Waals surface area contributed by atoms with E-state index in [9.17, 15) is 0 Å². The van der Waals surface area contributed by atoms with E-state index in [-0.39, 0.29) is 5.96 Å². The highest BCUT2D eigenvalue weighted by Gasteiger charge is 2.03. The Labute approximate surface area is 109 Å². The first kappa shape index (κ1) is 12.3. The van der Waals surface area contributed by atoms with E-state index >= 15 is 0 Å². The van der Waals surface area contributed by atoms with E-state index in [4.69, 9.17) is 23.1 Å². The predicted molar refractivity (Wildman–Crippen MR) is 74.9 cm³/mol. The molecule has 0 unspecified atom stereocenters. The molecule has 0 aliphatic heterocycles. The molecule has 0 fully saturated rings. The van der Waals surface area contributed by atoms with E-state index in [1.54, 1.807) is 0 Å². The van der Waals surface area contributed by atoms with Gasteiger partial charge in [-0.3, -0.25) is 0 Å². The summed E-state index contributed by atoms with van der Waals surface area (Å²) < 4.78 is 0. The van der Waals surface area contributed by atoms with Crippen molar-refractivity contribution in [2.75, 3.05) is 0 Å². The number of pyridine rings is 1. The summed E-state index contributed by atoms with van der Waals surface area (Å²) in [5, 5.41) is 8.57. The maximum atomic E-state index is 6.06. The van der Waals surface area contributed by atoms with E-state index in [2.05, 4.69) is 15.2 Å². The lowest BCUT2D eigenvalue weighted by Gasteiger charge is -2.02. The lowest BCUT2D eigenvalue weighted by Crippen LogP contribution is -2.21. The molecule has 0 saturated heterocycles. The average Bonchev–Trinajstić information content (AvgIpc) is 2.29. The molecule has 2 rings (SSSR count). The highest BCUT2D eigenvalue weighted by atomic mass is 35.5. The second-order valence-electron chi connectivity index (χ2n) is 3.83. The Balaban J connectivity index is 2.46. The van der Waals surface area contributed by atoms with Crippen LogP contribution in [0.4, 0.5) is 0 Å². The number of aryl methyl sites for hydroxylation is 1. The topological polar surface area (TPSA) is 89.6 Å². The zero-order valence-electron chi connectivity index (χ0n) is 9.76. The van der Waals surface area contributed by atoms with Crippen molar-refractivity contribution in [3.05, 3.63) is 40.5 Å². The van der Waals surface area contributed by atoms with Crippen molar-refractivity contribution in [3.8, 4) is 0 Å². The maximum absolute atomic E-state index is 6.06. The van der Waals surface area contributed by atoms with Gasteiger partial charge in [-0.25, -0.2) is 4.98 Å². The summed E-state index contributed by atoms with van der Waals surface area (Å²) in [4.78, 5) is 4.30. The Morgan fingerprint density at radius 3 is 2.83 bits per heavy atom. The summed E-state index contributed by atoms with van der Waals surface area (Å²) in [6, 6.07) is 7.84. The fourth-order valence-electron chi connectivity index (χ4n) is 1.52. The summed E-state index contributed by atoms with van der Waals surface area (Å²) in [6.07, 6.45) is 1.47. The second-order valence-corrected chi connectivity index (χ2v) is 4.19. The van der Waals surface area contributed by atoms with E-state index in [0.29, 0.717) is 10.7 Å². The lowest BCUT2D eigenvalue weighted by molar-refractivity contribution is 1.21. The second kappa shape index (κ2) is 5.01. The molecule has 1 aromatic carbocycles. The smallest absolute Gasteiger partial charge is 0.211 e. The van der Waals surface area contributed by atoms with Crippen LogP contribution < -0.4 is 11.5 Å². The van der Waals surface area contributed by atoms with Gasteiger partial charge in [0.25, 0.3) is 0 Å². The summed E-state index contributed by atoms with van der Waals surface area (Å²) in [7, 11) is 0. The van der Waals surface area contributed by atoms with Gasteiger partial charge in [0.15, 0.2) is 0 Å². The zero-order chi connectivity index (χ0) is 13.1. The summed E-state index contributed by atoms with van der Waals surface area (Å²) in [5.41, 5.74) is 13.0. The third kappa shape index (κ3) is 2.75. The molecule has 18 heavy (non-hydrogen) atoms. The molecule has 0 aliphatic carbocycles. The Morgan fingerprint density at radius 2 is 2.11 bits per heavy atom. The van der Waals surface area contributed by atoms with Crippen molar-refractivity contribution < 1.29 is 0 Å². The monoisotopic (exact) mass is 261 g/mol. The first-order chi connectivity index (χ1) is 8.56. The summed E-state index contributed by atoms with van der Waals surface area (Å²) in [6.45, 7) is 2.00. The van der Waals surface area contributed by atoms with Crippen LogP contribution in [0.5, 0.6) is 0 Å². The molecule has 1 aromatic heterocycles. The molecule has 2 aromatic rings. The molecule has 92 valence electrons. The van der Waals surface area contributed by atoms with E-state index < -0.39 is 0 Å². The van der Waals surface area contributed by atoms with Crippen molar-refractivity contribution in [1.82, 2.24) is 4.98 Å². The molecular formula is C12H12ClN5. The number of hydrogen-bond acceptors (Lipinski definition) is 3. The van der Waals surface area contributed by atoms with Gasteiger partial charge >= 0.3 is 0 Å². The first-order valence-electron chi connectivity index (χ1n) is 5.25. The SMILES string of the molecule is Cc1ccc2cc(/C=N/N=C(N)N)c(Cl)nc2c1. The minimum Gasteiger partial charge on any atom is -0.369 e. The standard InChI is InChI=1S/C12H12ClN5/c1-7-2-3-8-5-9(6-16-18-12(14)15)11(13)17-10(8)4-7/h2-6H,1H3,(H4,14,15,18)/b16-6+. The van der Waals surface area contributed by atoms with Crippen LogP contribution in [0.2, 0.25) is 5.15 Å². The van der Waals surface area contributed by atoms with Crippen molar-refractivity contribution in [2.24, 2.45) is 21.7 Å². The highest BCUT2D eigenvalue weighted by Crippen LogP contribution is 2.20. The van der Waals surface area contributed by atoms with E-state index in [1.165, 1.54) is 6.21 Å². The van der Waals surface area contributed by atoms with Crippen molar-refractivity contribution in [1.29, 1.82) is 0 Å². The van der Waals surface area contributed by atoms with E-state index in [0.717, 1.165) is 16.5 Å². The van der Waals surface area contributed by atoms with Crippen LogP contribution in [0.25, 0.3) is 10.9 Å². The van der Waals surface area contributed by atoms with Gasteiger partial charge in [0.2, 0.25) is 5.96 Å². The van der Waals surface area contributed by atoms with Gasteiger partial charge in [-0.05, 0) is 24.6 Å². The van der Waals surface area contributed by atoms with Gasteiger partial charge in [-0.2, -0.15) is 5.10 Å². The number of nitrogens with zero attached hydrogens (tertiary/aromatic N) is 3. The largest absolute Gasteiger partial charge is 0.369 e. The molecule has 0 amide bonds. The minimum atomic E-state index is -0.105. The molecule has 0 bridgehead atoms. The molecule has 4 N–H and O–H groups in total. The van der Waals surface area contributed by atoms with Gasteiger partial charge in [-0.15, -0.1) is 5.10 Å². The quantitative estimate of drug-likeness (QED) is 0.374. The number of rotatable bonds is 2. The Kier molecular flexibility index (Phi) is 3.43. The molecule has 0 spiro atoms. The van der Waals surface area contributed by atoms with Crippen molar-refractivity contribution in [2.45, 2.75) is 6.92 Å². The van der Waals surface area contributed by atoms with Gasteiger partial charge in [0.05, 0.1) is 11.7 Å². The Morgan fingerprint density at radius 1 is 1.33 bits per heavy atom. The number of halogens is 1. The molecule has 0 aliphatic rings. The molecular weight excluding hydrogens is 250 g/mol. The van der Waals surface area contributed by atoms with Gasteiger partial charge in [0, 0.05) is 10.9 Å². The zero-order valence-corrected chi connectivity index (χ0v) is 10.5. The van der Waals surface area contributed by atoms with Crippen LogP contribution >= 0.6 is 11.6 Å². The third-order valence-corrected chi connectivity index (χ3v) is 2.63. The number of guanidine groups is 1. The fraction of sp³-hybridized carbons (Fsp3) is 0.0833. The Hall–Kier alpha value is -2.14. The molecule has 0 radical (unpaired) electrons. The van der Waals surface area contributed by atoms with Crippen LogP contribution in [-0.2, 0) is 0 Å². The van der Waals surface area contributed by atoms with Crippen LogP contribution in [0.1, 0.15) is 11.1 Å². The molecule has 5 nitrogen and oxygen atoms in total. The maximum Gasteiger partial charge on any atom is 0.211 e. The van der Waals surface area contributed by atoms with Crippen LogP contribution in [0, 0.1) is 6.92 Å². The van der Waals surface area contributed by atoms with Gasteiger partial charge < -0.3 is 11.5 Å². The normalized spacial score (nSPS) is 11.0. The number of nitrogens with two attached hydrogens (primary N) is 2. The third-order valence-electron chi connectivity index (χ3n) is 2.32. The van der Waals surface area contributed by atoms with Crippen LogP contribution in [0.3, 0.4) is 0 Å². The van der Waals surface area contributed by atoms with Crippen LogP contribution in [-0.4, -0.2) is 17.2 Å². The van der Waals surface area contributed by atoms with Crippen molar-refractivity contribution >= 4 is 34.7 Å². The van der Waals surface area contributed by atoms with Crippen LogP contribution in [0.15, 0.2) is 34.5 Å².